The molecule has 0 heterocycles. The lowest BCUT2D eigenvalue weighted by atomic mass is 9.53. The molecule has 0 aromatic heterocycles. The Morgan fingerprint density at radius 3 is 2.64 bits per heavy atom. The number of carbonyl (C=O) groups is 1. The molecule has 0 saturated heterocycles. The van der Waals surface area contributed by atoms with E-state index in [2.05, 4.69) is 6.92 Å². The summed E-state index contributed by atoms with van der Waals surface area (Å²) in [6, 6.07) is 0. The van der Waals surface area contributed by atoms with Crippen molar-refractivity contribution < 1.29 is 9.90 Å². The molecular weight excluding hydrogens is 176 g/mol. The van der Waals surface area contributed by atoms with Crippen molar-refractivity contribution in [3.63, 3.8) is 0 Å². The van der Waals surface area contributed by atoms with Crippen LogP contribution in [0.2, 0.25) is 0 Å². The van der Waals surface area contributed by atoms with Crippen molar-refractivity contribution in [3.05, 3.63) is 0 Å². The summed E-state index contributed by atoms with van der Waals surface area (Å²) < 4.78 is 0. The summed E-state index contributed by atoms with van der Waals surface area (Å²) in [6.07, 6.45) is 5.55. The normalized spacial score (nSPS) is 48.8. The molecular formula is C12H20O2. The SMILES string of the molecule is C[C@]1(O)CCC[C@@H]2C(=O)CCC[C@@]21C. The quantitative estimate of drug-likeness (QED) is 0.645. The Balaban J connectivity index is 2.33. The molecule has 0 radical (unpaired) electrons. The van der Waals surface area contributed by atoms with Crippen LogP contribution in [0.4, 0.5) is 0 Å². The van der Waals surface area contributed by atoms with Gasteiger partial charge in [0.15, 0.2) is 0 Å². The van der Waals surface area contributed by atoms with Crippen molar-refractivity contribution in [3.8, 4) is 0 Å². The summed E-state index contributed by atoms with van der Waals surface area (Å²) in [6.45, 7) is 4.02. The van der Waals surface area contributed by atoms with Gasteiger partial charge in [-0.05, 0) is 39.0 Å². The Kier molecular flexibility index (Phi) is 2.22. The second-order valence-electron chi connectivity index (χ2n) is 5.46. The maximum atomic E-state index is 11.8. The summed E-state index contributed by atoms with van der Waals surface area (Å²) in [5.74, 6) is 0.513. The van der Waals surface area contributed by atoms with Gasteiger partial charge < -0.3 is 5.11 Å². The van der Waals surface area contributed by atoms with Crippen LogP contribution in [-0.4, -0.2) is 16.5 Å². The molecule has 0 aromatic rings. The van der Waals surface area contributed by atoms with E-state index in [4.69, 9.17) is 0 Å². The van der Waals surface area contributed by atoms with E-state index in [9.17, 15) is 9.90 Å². The van der Waals surface area contributed by atoms with Crippen molar-refractivity contribution in [2.24, 2.45) is 11.3 Å². The average Bonchev–Trinajstić information content (AvgIpc) is 2.08. The maximum absolute atomic E-state index is 11.8. The molecule has 2 nitrogen and oxygen atoms in total. The molecule has 2 saturated carbocycles. The molecule has 2 fully saturated rings. The lowest BCUT2D eigenvalue weighted by Crippen LogP contribution is -2.55. The molecule has 0 bridgehead atoms. The Morgan fingerprint density at radius 2 is 2.00 bits per heavy atom. The van der Waals surface area contributed by atoms with Crippen molar-refractivity contribution in [2.75, 3.05) is 0 Å². The van der Waals surface area contributed by atoms with Crippen LogP contribution in [0.5, 0.6) is 0 Å². The summed E-state index contributed by atoms with van der Waals surface area (Å²) in [5, 5.41) is 10.4. The Bertz CT molecular complexity index is 257. The van der Waals surface area contributed by atoms with Crippen molar-refractivity contribution in [2.45, 2.75) is 58.0 Å². The fourth-order valence-corrected chi connectivity index (χ4v) is 3.39. The first-order valence-corrected chi connectivity index (χ1v) is 5.72. The van der Waals surface area contributed by atoms with Crippen molar-refractivity contribution in [1.29, 1.82) is 0 Å². The Labute approximate surface area is 85.7 Å². The van der Waals surface area contributed by atoms with Crippen LogP contribution >= 0.6 is 0 Å². The highest BCUT2D eigenvalue weighted by Gasteiger charge is 2.54. The molecule has 14 heavy (non-hydrogen) atoms. The lowest BCUT2D eigenvalue weighted by Gasteiger charge is -2.53. The summed E-state index contributed by atoms with van der Waals surface area (Å²) in [4.78, 5) is 11.8. The minimum Gasteiger partial charge on any atom is -0.390 e. The molecule has 0 amide bonds. The molecule has 0 aromatic carbocycles. The molecule has 2 aliphatic rings. The highest BCUT2D eigenvalue weighted by molar-refractivity contribution is 5.83. The van der Waals surface area contributed by atoms with Crippen LogP contribution < -0.4 is 0 Å². The Hall–Kier alpha value is -0.370. The van der Waals surface area contributed by atoms with Crippen LogP contribution in [0.15, 0.2) is 0 Å². The molecule has 0 aliphatic heterocycles. The predicted octanol–water partition coefficient (Wildman–Crippen LogP) is 2.30. The van der Waals surface area contributed by atoms with Gasteiger partial charge in [0.05, 0.1) is 5.60 Å². The molecule has 1 N–H and O–H groups in total. The first-order chi connectivity index (χ1) is 6.47. The minimum atomic E-state index is -0.633. The van der Waals surface area contributed by atoms with Gasteiger partial charge in [-0.15, -0.1) is 0 Å². The number of carbonyl (C=O) groups excluding carboxylic acids is 1. The van der Waals surface area contributed by atoms with Gasteiger partial charge in [0.1, 0.15) is 5.78 Å². The van der Waals surface area contributed by atoms with E-state index in [-0.39, 0.29) is 11.3 Å². The monoisotopic (exact) mass is 196 g/mol. The summed E-state index contributed by atoms with van der Waals surface area (Å²) >= 11 is 0. The van der Waals surface area contributed by atoms with E-state index in [0.717, 1.165) is 38.5 Å². The fourth-order valence-electron chi connectivity index (χ4n) is 3.39. The molecule has 0 spiro atoms. The van der Waals surface area contributed by atoms with Gasteiger partial charge in [-0.25, -0.2) is 0 Å². The van der Waals surface area contributed by atoms with Crippen LogP contribution in [-0.2, 0) is 4.79 Å². The number of aliphatic hydroxyl groups is 1. The van der Waals surface area contributed by atoms with Gasteiger partial charge in [-0.2, -0.15) is 0 Å². The summed E-state index contributed by atoms with van der Waals surface area (Å²) in [5.41, 5.74) is -0.785. The fraction of sp³-hybridized carbons (Fsp3) is 0.917. The average molecular weight is 196 g/mol. The highest BCUT2D eigenvalue weighted by Crippen LogP contribution is 2.53. The van der Waals surface area contributed by atoms with Gasteiger partial charge >= 0.3 is 0 Å². The third-order valence-electron chi connectivity index (χ3n) is 4.66. The first kappa shape index (κ1) is 10.2. The zero-order valence-corrected chi connectivity index (χ0v) is 9.18. The molecule has 80 valence electrons. The number of ketones is 1. The van der Waals surface area contributed by atoms with Gasteiger partial charge in [0.25, 0.3) is 0 Å². The second-order valence-corrected chi connectivity index (χ2v) is 5.46. The number of hydrogen-bond acceptors (Lipinski definition) is 2. The smallest absolute Gasteiger partial charge is 0.136 e. The van der Waals surface area contributed by atoms with E-state index >= 15 is 0 Å². The molecule has 3 atom stereocenters. The number of hydrogen-bond donors (Lipinski definition) is 1. The van der Waals surface area contributed by atoms with Gasteiger partial charge in [0, 0.05) is 17.8 Å². The molecule has 2 heteroatoms. The van der Waals surface area contributed by atoms with Crippen LogP contribution in [0.1, 0.15) is 52.4 Å². The van der Waals surface area contributed by atoms with Crippen LogP contribution in [0, 0.1) is 11.3 Å². The number of fused-ring (bicyclic) bond motifs is 1. The third-order valence-corrected chi connectivity index (χ3v) is 4.66. The second kappa shape index (κ2) is 3.06. The highest BCUT2D eigenvalue weighted by atomic mass is 16.3. The zero-order valence-electron chi connectivity index (χ0n) is 9.18. The predicted molar refractivity (Wildman–Crippen MR) is 54.9 cm³/mol. The van der Waals surface area contributed by atoms with Gasteiger partial charge in [-0.3, -0.25) is 4.79 Å². The molecule has 0 unspecified atom stereocenters. The molecule has 2 rings (SSSR count). The minimum absolute atomic E-state index is 0.125. The van der Waals surface area contributed by atoms with E-state index in [1.807, 2.05) is 6.92 Å². The first-order valence-electron chi connectivity index (χ1n) is 5.72. The van der Waals surface area contributed by atoms with Crippen LogP contribution in [0.25, 0.3) is 0 Å². The topological polar surface area (TPSA) is 37.3 Å². The van der Waals surface area contributed by atoms with Gasteiger partial charge in [0.2, 0.25) is 0 Å². The summed E-state index contributed by atoms with van der Waals surface area (Å²) in [7, 11) is 0. The lowest BCUT2D eigenvalue weighted by molar-refractivity contribution is -0.161. The van der Waals surface area contributed by atoms with Crippen molar-refractivity contribution >= 4 is 5.78 Å². The number of Topliss-reactive ketones (excluding diaryl/α,β-unsaturated/α-hetero) is 1. The Morgan fingerprint density at radius 1 is 1.29 bits per heavy atom. The van der Waals surface area contributed by atoms with E-state index in [1.54, 1.807) is 0 Å². The number of rotatable bonds is 0. The maximum Gasteiger partial charge on any atom is 0.136 e. The van der Waals surface area contributed by atoms with Gasteiger partial charge in [-0.1, -0.05) is 6.92 Å². The van der Waals surface area contributed by atoms with E-state index in [0.29, 0.717) is 5.78 Å². The largest absolute Gasteiger partial charge is 0.390 e. The molecule has 2 aliphatic carbocycles. The van der Waals surface area contributed by atoms with Crippen LogP contribution in [0.3, 0.4) is 0 Å². The third kappa shape index (κ3) is 1.23. The van der Waals surface area contributed by atoms with E-state index < -0.39 is 5.60 Å². The van der Waals surface area contributed by atoms with E-state index in [1.165, 1.54) is 0 Å². The zero-order chi connectivity index (χ0) is 10.4. The standard InChI is InChI=1S/C12H20O2/c1-11-7-4-6-10(13)9(11)5-3-8-12(11,2)14/h9,14H,3-8H2,1-2H3/t9-,11+,12+/m1/s1. The van der Waals surface area contributed by atoms with Crippen molar-refractivity contribution in [1.82, 2.24) is 0 Å².